The van der Waals surface area contributed by atoms with Crippen LogP contribution in [0.15, 0.2) is 73.3 Å². The second kappa shape index (κ2) is 5.81. The molecule has 0 aliphatic carbocycles. The van der Waals surface area contributed by atoms with Gasteiger partial charge < -0.3 is 4.98 Å². The van der Waals surface area contributed by atoms with Crippen molar-refractivity contribution in [3.05, 3.63) is 73.3 Å². The highest BCUT2D eigenvalue weighted by molar-refractivity contribution is 5.85. The fourth-order valence-electron chi connectivity index (χ4n) is 2.36. The maximum absolute atomic E-state index is 4.52. The Morgan fingerprint density at radius 1 is 0.652 bits per heavy atom. The van der Waals surface area contributed by atoms with Crippen LogP contribution in [0.4, 0.5) is 0 Å². The lowest BCUT2D eigenvalue weighted by Gasteiger charge is -1.98. The quantitative estimate of drug-likeness (QED) is 0.442. The van der Waals surface area contributed by atoms with Gasteiger partial charge in [0.25, 0.3) is 0 Å². The Labute approximate surface area is 132 Å². The van der Waals surface area contributed by atoms with Crippen molar-refractivity contribution in [1.82, 2.24) is 24.9 Å². The second-order valence-corrected chi connectivity index (χ2v) is 5.00. The van der Waals surface area contributed by atoms with Crippen LogP contribution in [-0.4, -0.2) is 24.9 Å². The summed E-state index contributed by atoms with van der Waals surface area (Å²) in [5, 5.41) is 0. The standard InChI is InChI=1S/C12H8N2.C6H5N3/c1-2-6-10-9(5-1)13-11-7-3-4-8-12(11)14-10;1-2-8-6-3-7-4-9-5(1)6/h1-8H;1-4,8H. The van der Waals surface area contributed by atoms with Gasteiger partial charge in [0.15, 0.2) is 0 Å². The average molecular weight is 299 g/mol. The van der Waals surface area contributed by atoms with Crippen LogP contribution >= 0.6 is 0 Å². The lowest BCUT2D eigenvalue weighted by molar-refractivity contribution is 1.22. The first-order valence-electron chi connectivity index (χ1n) is 7.25. The summed E-state index contributed by atoms with van der Waals surface area (Å²) in [6.45, 7) is 0. The third kappa shape index (κ3) is 2.72. The van der Waals surface area contributed by atoms with Crippen molar-refractivity contribution in [3.63, 3.8) is 0 Å². The van der Waals surface area contributed by atoms with Crippen LogP contribution < -0.4 is 0 Å². The van der Waals surface area contributed by atoms with Gasteiger partial charge in [-0.15, -0.1) is 0 Å². The number of hydrogen-bond donors (Lipinski definition) is 1. The molecule has 0 aliphatic heterocycles. The molecule has 5 nitrogen and oxygen atoms in total. The van der Waals surface area contributed by atoms with Crippen molar-refractivity contribution in [2.75, 3.05) is 0 Å². The molecule has 3 aromatic heterocycles. The van der Waals surface area contributed by atoms with E-state index in [9.17, 15) is 0 Å². The number of fused-ring (bicyclic) bond motifs is 3. The third-order valence-electron chi connectivity index (χ3n) is 3.47. The number of para-hydroxylation sites is 4. The van der Waals surface area contributed by atoms with Gasteiger partial charge in [0.2, 0.25) is 0 Å². The molecule has 0 atom stereocenters. The smallest absolute Gasteiger partial charge is 0.116 e. The Bertz CT molecular complexity index is 949. The number of H-pyrrole nitrogens is 1. The van der Waals surface area contributed by atoms with E-state index in [1.165, 1.54) is 6.33 Å². The first kappa shape index (κ1) is 13.3. The highest BCUT2D eigenvalue weighted by Gasteiger charge is 1.98. The molecule has 0 fully saturated rings. The van der Waals surface area contributed by atoms with Crippen molar-refractivity contribution < 1.29 is 0 Å². The first-order chi connectivity index (χ1) is 11.4. The molecule has 0 bridgehead atoms. The summed E-state index contributed by atoms with van der Waals surface area (Å²) in [7, 11) is 0. The first-order valence-corrected chi connectivity index (χ1v) is 7.25. The average Bonchev–Trinajstić information content (AvgIpc) is 3.09. The van der Waals surface area contributed by atoms with Crippen LogP contribution in [0.1, 0.15) is 0 Å². The molecule has 0 saturated carbocycles. The van der Waals surface area contributed by atoms with Crippen LogP contribution in [0.3, 0.4) is 0 Å². The number of hydrogen-bond acceptors (Lipinski definition) is 4. The molecule has 0 unspecified atom stereocenters. The van der Waals surface area contributed by atoms with Crippen LogP contribution in [-0.2, 0) is 0 Å². The minimum atomic E-state index is 0.950. The molecule has 5 rings (SSSR count). The summed E-state index contributed by atoms with van der Waals surface area (Å²) in [6, 6.07) is 17.7. The molecule has 5 heteroatoms. The van der Waals surface area contributed by atoms with E-state index in [0.29, 0.717) is 0 Å². The molecule has 1 N–H and O–H groups in total. The van der Waals surface area contributed by atoms with Crippen molar-refractivity contribution in [2.45, 2.75) is 0 Å². The third-order valence-corrected chi connectivity index (χ3v) is 3.47. The van der Waals surface area contributed by atoms with E-state index in [4.69, 9.17) is 0 Å². The van der Waals surface area contributed by atoms with Crippen LogP contribution in [0.5, 0.6) is 0 Å². The number of benzene rings is 2. The van der Waals surface area contributed by atoms with E-state index >= 15 is 0 Å². The zero-order valence-corrected chi connectivity index (χ0v) is 12.2. The monoisotopic (exact) mass is 299 g/mol. The topological polar surface area (TPSA) is 67.3 Å². The Morgan fingerprint density at radius 3 is 1.74 bits per heavy atom. The normalized spacial score (nSPS) is 10.6. The molecule has 5 aromatic rings. The molecular weight excluding hydrogens is 286 g/mol. The van der Waals surface area contributed by atoms with Crippen molar-refractivity contribution >= 4 is 33.1 Å². The van der Waals surface area contributed by atoms with Gasteiger partial charge in [-0.25, -0.2) is 19.9 Å². The van der Waals surface area contributed by atoms with Crippen molar-refractivity contribution in [1.29, 1.82) is 0 Å². The highest BCUT2D eigenvalue weighted by Crippen LogP contribution is 2.14. The van der Waals surface area contributed by atoms with Crippen LogP contribution in [0, 0.1) is 0 Å². The van der Waals surface area contributed by atoms with E-state index in [1.807, 2.05) is 60.8 Å². The lowest BCUT2D eigenvalue weighted by Crippen LogP contribution is -1.85. The molecule has 0 radical (unpaired) electrons. The fourth-order valence-corrected chi connectivity index (χ4v) is 2.36. The summed E-state index contributed by atoms with van der Waals surface area (Å²) in [5.41, 5.74) is 5.75. The summed E-state index contributed by atoms with van der Waals surface area (Å²) < 4.78 is 0. The zero-order chi connectivity index (χ0) is 15.5. The van der Waals surface area contributed by atoms with E-state index in [0.717, 1.165) is 33.1 Å². The Hall–Kier alpha value is -3.34. The number of aromatic nitrogens is 5. The summed E-state index contributed by atoms with van der Waals surface area (Å²) >= 11 is 0. The molecule has 0 amide bonds. The van der Waals surface area contributed by atoms with Crippen LogP contribution in [0.2, 0.25) is 0 Å². The van der Waals surface area contributed by atoms with Gasteiger partial charge in [0, 0.05) is 6.20 Å². The number of rotatable bonds is 0. The molecule has 3 heterocycles. The van der Waals surface area contributed by atoms with Gasteiger partial charge >= 0.3 is 0 Å². The Morgan fingerprint density at radius 2 is 1.22 bits per heavy atom. The minimum absolute atomic E-state index is 0.950. The highest BCUT2D eigenvalue weighted by atomic mass is 14.9. The largest absolute Gasteiger partial charge is 0.359 e. The molecule has 0 spiro atoms. The van der Waals surface area contributed by atoms with Gasteiger partial charge in [-0.2, -0.15) is 0 Å². The maximum atomic E-state index is 4.52. The zero-order valence-electron chi connectivity index (χ0n) is 12.2. The van der Waals surface area contributed by atoms with Gasteiger partial charge in [-0.3, -0.25) is 0 Å². The molecule has 0 saturated heterocycles. The van der Waals surface area contributed by atoms with Gasteiger partial charge in [0.1, 0.15) is 6.33 Å². The SMILES string of the molecule is c1ccc2nc3ccccc3nc2c1.c1ncc2[nH]ccc2n1. The van der Waals surface area contributed by atoms with E-state index < -0.39 is 0 Å². The summed E-state index contributed by atoms with van der Waals surface area (Å²) in [4.78, 5) is 19.9. The van der Waals surface area contributed by atoms with E-state index in [-0.39, 0.29) is 0 Å². The summed E-state index contributed by atoms with van der Waals surface area (Å²) in [5.74, 6) is 0. The van der Waals surface area contributed by atoms with Gasteiger partial charge in [-0.1, -0.05) is 24.3 Å². The van der Waals surface area contributed by atoms with Gasteiger partial charge in [0.05, 0.1) is 39.3 Å². The summed E-state index contributed by atoms with van der Waals surface area (Å²) in [6.07, 6.45) is 5.14. The molecule has 110 valence electrons. The van der Waals surface area contributed by atoms with Crippen molar-refractivity contribution in [3.8, 4) is 0 Å². The van der Waals surface area contributed by atoms with Crippen molar-refractivity contribution in [2.24, 2.45) is 0 Å². The Balaban J connectivity index is 0.000000130. The predicted molar refractivity (Wildman–Crippen MR) is 90.9 cm³/mol. The fraction of sp³-hybridized carbons (Fsp3) is 0. The molecule has 23 heavy (non-hydrogen) atoms. The Kier molecular flexibility index (Phi) is 3.37. The van der Waals surface area contributed by atoms with E-state index in [2.05, 4.69) is 24.9 Å². The predicted octanol–water partition coefficient (Wildman–Crippen LogP) is 3.74. The van der Waals surface area contributed by atoms with Gasteiger partial charge in [-0.05, 0) is 30.3 Å². The molecule has 0 aliphatic rings. The second-order valence-electron chi connectivity index (χ2n) is 5.00. The molecular formula is C18H13N5. The lowest BCUT2D eigenvalue weighted by atomic mass is 10.2. The number of aromatic amines is 1. The minimum Gasteiger partial charge on any atom is -0.359 e. The maximum Gasteiger partial charge on any atom is 0.116 e. The van der Waals surface area contributed by atoms with Crippen LogP contribution in [0.25, 0.3) is 33.1 Å². The number of nitrogens with one attached hydrogen (secondary N) is 1. The molecule has 2 aromatic carbocycles. The van der Waals surface area contributed by atoms with E-state index in [1.54, 1.807) is 6.20 Å². The number of nitrogens with zero attached hydrogens (tertiary/aromatic N) is 4.